The van der Waals surface area contributed by atoms with Crippen LogP contribution in [0.25, 0.3) is 0 Å². The average molecular weight is 288 g/mol. The van der Waals surface area contributed by atoms with Gasteiger partial charge in [-0.2, -0.15) is 0 Å². The molecule has 1 aromatic rings. The van der Waals surface area contributed by atoms with Crippen molar-refractivity contribution in [2.45, 2.75) is 32.3 Å². The number of methoxy groups -OCH3 is 1. The topological polar surface area (TPSA) is 35.5 Å². The Morgan fingerprint density at radius 2 is 2.19 bits per heavy atom. The van der Waals surface area contributed by atoms with Crippen LogP contribution in [0.5, 0.6) is 0 Å². The van der Waals surface area contributed by atoms with Gasteiger partial charge in [0.1, 0.15) is 0 Å². The summed E-state index contributed by atoms with van der Waals surface area (Å²) in [6.45, 7) is 4.76. The molecule has 0 spiro atoms. The van der Waals surface area contributed by atoms with Gasteiger partial charge in [0.2, 0.25) is 0 Å². The van der Waals surface area contributed by atoms with Crippen molar-refractivity contribution < 1.29 is 14.3 Å². The predicted molar refractivity (Wildman–Crippen MR) is 82.7 cm³/mol. The molecule has 0 saturated heterocycles. The highest BCUT2D eigenvalue weighted by atomic mass is 16.5. The Hall–Kier alpha value is -1.61. The van der Waals surface area contributed by atoms with E-state index in [0.29, 0.717) is 13.2 Å². The Balaban J connectivity index is 2.03. The molecular formula is C18H24O3. The van der Waals surface area contributed by atoms with Gasteiger partial charge in [-0.05, 0) is 30.7 Å². The molecule has 1 saturated carbocycles. The van der Waals surface area contributed by atoms with Gasteiger partial charge < -0.3 is 9.47 Å². The molecule has 2 atom stereocenters. The van der Waals surface area contributed by atoms with Crippen LogP contribution in [0.4, 0.5) is 0 Å². The Morgan fingerprint density at radius 3 is 2.86 bits per heavy atom. The third-order valence-electron chi connectivity index (χ3n) is 4.47. The molecule has 0 unspecified atom stereocenters. The van der Waals surface area contributed by atoms with Crippen molar-refractivity contribution in [3.8, 4) is 0 Å². The van der Waals surface area contributed by atoms with Crippen LogP contribution in [-0.4, -0.2) is 19.7 Å². The van der Waals surface area contributed by atoms with Crippen molar-refractivity contribution in [2.75, 3.05) is 13.7 Å². The molecule has 1 fully saturated rings. The second kappa shape index (κ2) is 7.41. The highest BCUT2D eigenvalue weighted by molar-refractivity contribution is 5.77. The lowest BCUT2D eigenvalue weighted by Gasteiger charge is -2.32. The quantitative estimate of drug-likeness (QED) is 0.566. The first-order chi connectivity index (χ1) is 10.2. The minimum Gasteiger partial charge on any atom is -0.469 e. The molecule has 0 radical (unpaired) electrons. The highest BCUT2D eigenvalue weighted by Crippen LogP contribution is 2.46. The Morgan fingerprint density at radius 1 is 1.43 bits per heavy atom. The van der Waals surface area contributed by atoms with E-state index < -0.39 is 5.41 Å². The molecule has 21 heavy (non-hydrogen) atoms. The van der Waals surface area contributed by atoms with Gasteiger partial charge in [0.05, 0.1) is 25.7 Å². The molecule has 1 aromatic carbocycles. The summed E-state index contributed by atoms with van der Waals surface area (Å²) >= 11 is 0. The fraction of sp³-hybridized carbons (Fsp3) is 0.500. The van der Waals surface area contributed by atoms with Crippen LogP contribution < -0.4 is 0 Å². The minimum atomic E-state index is -0.502. The van der Waals surface area contributed by atoms with Crippen LogP contribution in [-0.2, 0) is 20.9 Å². The zero-order valence-electron chi connectivity index (χ0n) is 12.7. The van der Waals surface area contributed by atoms with Crippen LogP contribution in [0, 0.1) is 11.3 Å². The van der Waals surface area contributed by atoms with Crippen molar-refractivity contribution in [3.63, 3.8) is 0 Å². The second-order valence-corrected chi connectivity index (χ2v) is 5.74. The molecule has 3 heteroatoms. The van der Waals surface area contributed by atoms with E-state index in [1.165, 1.54) is 7.11 Å². The van der Waals surface area contributed by atoms with E-state index in [1.807, 2.05) is 36.4 Å². The largest absolute Gasteiger partial charge is 0.469 e. The third-order valence-corrected chi connectivity index (χ3v) is 4.47. The molecule has 0 heterocycles. The SMILES string of the molecule is C=CC[C@@H]1CCC[C@]1(COCc1ccccc1)C(=O)OC. The number of allylic oxidation sites excluding steroid dienone is 1. The Labute approximate surface area is 127 Å². The van der Waals surface area contributed by atoms with Crippen molar-refractivity contribution in [1.29, 1.82) is 0 Å². The monoisotopic (exact) mass is 288 g/mol. The molecule has 114 valence electrons. The van der Waals surface area contributed by atoms with Gasteiger partial charge in [0.15, 0.2) is 0 Å². The number of rotatable bonds is 7. The molecule has 1 aliphatic rings. The molecule has 2 rings (SSSR count). The lowest BCUT2D eigenvalue weighted by Crippen LogP contribution is -2.40. The summed E-state index contributed by atoms with van der Waals surface area (Å²) in [6.07, 6.45) is 5.65. The first kappa shape index (κ1) is 15.8. The van der Waals surface area contributed by atoms with E-state index in [-0.39, 0.29) is 11.9 Å². The summed E-state index contributed by atoms with van der Waals surface area (Å²) in [4.78, 5) is 12.3. The van der Waals surface area contributed by atoms with E-state index in [0.717, 1.165) is 31.2 Å². The smallest absolute Gasteiger partial charge is 0.314 e. The lowest BCUT2D eigenvalue weighted by atomic mass is 9.77. The molecule has 1 aliphatic carbocycles. The zero-order valence-corrected chi connectivity index (χ0v) is 12.7. The van der Waals surface area contributed by atoms with E-state index in [4.69, 9.17) is 9.47 Å². The number of hydrogen-bond donors (Lipinski definition) is 0. The molecule has 0 N–H and O–H groups in total. The maximum absolute atomic E-state index is 12.3. The van der Waals surface area contributed by atoms with Gasteiger partial charge in [-0.15, -0.1) is 6.58 Å². The van der Waals surface area contributed by atoms with Gasteiger partial charge in [-0.25, -0.2) is 0 Å². The summed E-state index contributed by atoms with van der Waals surface area (Å²) in [6, 6.07) is 10.0. The van der Waals surface area contributed by atoms with Gasteiger partial charge in [-0.3, -0.25) is 4.79 Å². The summed E-state index contributed by atoms with van der Waals surface area (Å²) in [5.74, 6) is 0.137. The summed E-state index contributed by atoms with van der Waals surface area (Å²) in [5, 5.41) is 0. The number of ether oxygens (including phenoxy) is 2. The molecule has 0 aliphatic heterocycles. The third kappa shape index (κ3) is 3.53. The molecule has 0 aromatic heterocycles. The first-order valence-corrected chi connectivity index (χ1v) is 7.54. The standard InChI is InChI=1S/C18H24O3/c1-3-8-16-11-7-12-18(16,17(19)20-2)14-21-13-15-9-5-4-6-10-15/h3-6,9-10,16H,1,7-8,11-14H2,2H3/t16-,18-/m1/s1. The van der Waals surface area contributed by atoms with Crippen LogP contribution in [0.2, 0.25) is 0 Å². The summed E-state index contributed by atoms with van der Waals surface area (Å²) < 4.78 is 10.9. The van der Waals surface area contributed by atoms with E-state index in [9.17, 15) is 4.79 Å². The first-order valence-electron chi connectivity index (χ1n) is 7.54. The van der Waals surface area contributed by atoms with Gasteiger partial charge in [0, 0.05) is 0 Å². The van der Waals surface area contributed by atoms with Crippen molar-refractivity contribution >= 4 is 5.97 Å². The number of esters is 1. The molecular weight excluding hydrogens is 264 g/mol. The highest BCUT2D eigenvalue weighted by Gasteiger charge is 2.49. The van der Waals surface area contributed by atoms with Crippen LogP contribution in [0.1, 0.15) is 31.2 Å². The van der Waals surface area contributed by atoms with Crippen LogP contribution >= 0.6 is 0 Å². The zero-order chi connectivity index (χ0) is 15.1. The van der Waals surface area contributed by atoms with Crippen molar-refractivity contribution in [1.82, 2.24) is 0 Å². The number of carbonyl (C=O) groups excluding carboxylic acids is 1. The fourth-order valence-corrected chi connectivity index (χ4v) is 3.34. The van der Waals surface area contributed by atoms with Crippen LogP contribution in [0.3, 0.4) is 0 Å². The molecule has 3 nitrogen and oxygen atoms in total. The van der Waals surface area contributed by atoms with Gasteiger partial charge in [-0.1, -0.05) is 42.8 Å². The fourth-order valence-electron chi connectivity index (χ4n) is 3.34. The van der Waals surface area contributed by atoms with E-state index in [1.54, 1.807) is 0 Å². The van der Waals surface area contributed by atoms with Crippen molar-refractivity contribution in [3.05, 3.63) is 48.6 Å². The Kier molecular flexibility index (Phi) is 5.57. The van der Waals surface area contributed by atoms with E-state index in [2.05, 4.69) is 6.58 Å². The van der Waals surface area contributed by atoms with Gasteiger partial charge >= 0.3 is 5.97 Å². The van der Waals surface area contributed by atoms with Gasteiger partial charge in [0.25, 0.3) is 0 Å². The summed E-state index contributed by atoms with van der Waals surface area (Å²) in [5.41, 5.74) is 0.619. The van der Waals surface area contributed by atoms with Crippen molar-refractivity contribution in [2.24, 2.45) is 11.3 Å². The maximum Gasteiger partial charge on any atom is 0.314 e. The number of hydrogen-bond acceptors (Lipinski definition) is 3. The predicted octanol–water partition coefficient (Wildman–Crippen LogP) is 3.74. The van der Waals surface area contributed by atoms with E-state index >= 15 is 0 Å². The summed E-state index contributed by atoms with van der Waals surface area (Å²) in [7, 11) is 1.46. The minimum absolute atomic E-state index is 0.139. The number of carbonyl (C=O) groups is 1. The average Bonchev–Trinajstić information content (AvgIpc) is 2.92. The molecule has 0 amide bonds. The second-order valence-electron chi connectivity index (χ2n) is 5.74. The van der Waals surface area contributed by atoms with Crippen LogP contribution in [0.15, 0.2) is 43.0 Å². The normalized spacial score (nSPS) is 24.7. The number of benzene rings is 1. The molecule has 0 bridgehead atoms. The lowest BCUT2D eigenvalue weighted by molar-refractivity contribution is -0.160. The Bertz CT molecular complexity index is 469. The maximum atomic E-state index is 12.3.